The number of hydrogen-bond acceptors (Lipinski definition) is 6. The van der Waals surface area contributed by atoms with Crippen molar-refractivity contribution in [1.82, 2.24) is 9.97 Å². The SMILES string of the molecule is Cc1ccc(NC(=O)Nc2ncc(C(c3cccnc3)S(=O)O)s2)c(N2CCCCC2)c1. The second-order valence-corrected chi connectivity index (χ2v) is 9.74. The molecule has 1 aliphatic heterocycles. The molecule has 2 unspecified atom stereocenters. The fourth-order valence-corrected chi connectivity index (χ4v) is 5.62. The van der Waals surface area contributed by atoms with Crippen molar-refractivity contribution in [2.24, 2.45) is 0 Å². The van der Waals surface area contributed by atoms with Crippen LogP contribution < -0.4 is 15.5 Å². The molecule has 3 aromatic rings. The molecule has 0 bridgehead atoms. The van der Waals surface area contributed by atoms with Gasteiger partial charge in [-0.25, -0.2) is 14.0 Å². The van der Waals surface area contributed by atoms with E-state index in [1.54, 1.807) is 24.5 Å². The molecule has 3 N–H and O–H groups in total. The molecule has 10 heteroatoms. The minimum absolute atomic E-state index is 0.350. The first kappa shape index (κ1) is 22.4. The van der Waals surface area contributed by atoms with E-state index in [0.29, 0.717) is 15.6 Å². The summed E-state index contributed by atoms with van der Waals surface area (Å²) in [5.41, 5.74) is 3.52. The van der Waals surface area contributed by atoms with Gasteiger partial charge in [-0.05, 0) is 55.5 Å². The topological polar surface area (TPSA) is 107 Å². The molecular weight excluding hydrogens is 446 g/mol. The van der Waals surface area contributed by atoms with E-state index >= 15 is 0 Å². The van der Waals surface area contributed by atoms with Crippen molar-refractivity contribution in [2.75, 3.05) is 28.6 Å². The van der Waals surface area contributed by atoms with Crippen LogP contribution in [0.15, 0.2) is 48.9 Å². The van der Waals surface area contributed by atoms with E-state index in [1.165, 1.54) is 12.6 Å². The Morgan fingerprint density at radius 1 is 1.19 bits per heavy atom. The van der Waals surface area contributed by atoms with Crippen LogP contribution in [-0.4, -0.2) is 37.9 Å². The zero-order valence-corrected chi connectivity index (χ0v) is 19.3. The molecule has 3 heterocycles. The van der Waals surface area contributed by atoms with Gasteiger partial charge in [-0.15, -0.1) is 0 Å². The lowest BCUT2D eigenvalue weighted by Gasteiger charge is -2.30. The average molecular weight is 472 g/mol. The lowest BCUT2D eigenvalue weighted by Crippen LogP contribution is -2.31. The molecule has 4 rings (SSSR count). The quantitative estimate of drug-likeness (QED) is 0.446. The summed E-state index contributed by atoms with van der Waals surface area (Å²) in [6, 6.07) is 9.03. The molecule has 0 aliphatic carbocycles. The van der Waals surface area contributed by atoms with Gasteiger partial charge in [0.15, 0.2) is 16.2 Å². The maximum atomic E-state index is 12.7. The van der Waals surface area contributed by atoms with E-state index in [2.05, 4.69) is 31.6 Å². The number of rotatable bonds is 6. The number of benzene rings is 1. The highest BCUT2D eigenvalue weighted by Crippen LogP contribution is 2.33. The van der Waals surface area contributed by atoms with Crippen molar-refractivity contribution >= 4 is 45.0 Å². The molecule has 1 saturated heterocycles. The number of pyridine rings is 1. The van der Waals surface area contributed by atoms with Crippen molar-refractivity contribution in [3.8, 4) is 0 Å². The van der Waals surface area contributed by atoms with Crippen molar-refractivity contribution in [3.63, 3.8) is 0 Å². The van der Waals surface area contributed by atoms with Gasteiger partial charge < -0.3 is 14.8 Å². The van der Waals surface area contributed by atoms with E-state index in [4.69, 9.17) is 0 Å². The average Bonchev–Trinajstić information content (AvgIpc) is 3.23. The third-order valence-corrected chi connectivity index (χ3v) is 7.35. The van der Waals surface area contributed by atoms with Gasteiger partial charge in [-0.2, -0.15) is 0 Å². The Balaban J connectivity index is 1.48. The van der Waals surface area contributed by atoms with Crippen molar-refractivity contribution < 1.29 is 13.6 Å². The Bertz CT molecular complexity index is 1100. The Morgan fingerprint density at radius 2 is 2.00 bits per heavy atom. The number of nitrogens with zero attached hydrogens (tertiary/aromatic N) is 3. The van der Waals surface area contributed by atoms with Crippen LogP contribution in [0.1, 0.15) is 40.5 Å². The van der Waals surface area contributed by atoms with Crippen LogP contribution in [0.5, 0.6) is 0 Å². The zero-order chi connectivity index (χ0) is 22.5. The molecule has 2 amide bonds. The van der Waals surface area contributed by atoms with Gasteiger partial charge in [0.2, 0.25) is 0 Å². The number of piperidine rings is 1. The van der Waals surface area contributed by atoms with Crippen molar-refractivity contribution in [2.45, 2.75) is 31.4 Å². The number of urea groups is 1. The Kier molecular flexibility index (Phi) is 7.13. The molecular formula is C22H25N5O3S2. The highest BCUT2D eigenvalue weighted by molar-refractivity contribution is 7.79. The minimum Gasteiger partial charge on any atom is -0.370 e. The van der Waals surface area contributed by atoms with Crippen LogP contribution in [-0.2, 0) is 11.1 Å². The summed E-state index contributed by atoms with van der Waals surface area (Å²) in [4.78, 5) is 23.8. The number of carbonyl (C=O) groups excluding carboxylic acids is 1. The fraction of sp³-hybridized carbons (Fsp3) is 0.318. The van der Waals surface area contributed by atoms with Crippen LogP contribution >= 0.6 is 11.3 Å². The summed E-state index contributed by atoms with van der Waals surface area (Å²) in [6.07, 6.45) is 8.19. The molecule has 1 aliphatic rings. The second-order valence-electron chi connectivity index (χ2n) is 7.66. The number of nitrogens with one attached hydrogen (secondary N) is 2. The van der Waals surface area contributed by atoms with Crippen LogP contribution in [0.3, 0.4) is 0 Å². The molecule has 8 nitrogen and oxygen atoms in total. The highest BCUT2D eigenvalue weighted by atomic mass is 32.2. The third kappa shape index (κ3) is 5.32. The molecule has 1 fully saturated rings. The van der Waals surface area contributed by atoms with Crippen LogP contribution in [0.2, 0.25) is 0 Å². The van der Waals surface area contributed by atoms with E-state index in [1.807, 2.05) is 19.1 Å². The van der Waals surface area contributed by atoms with Gasteiger partial charge in [0.25, 0.3) is 0 Å². The molecule has 1 aromatic carbocycles. The molecule has 0 spiro atoms. The maximum Gasteiger partial charge on any atom is 0.325 e. The normalized spacial score (nSPS) is 15.8. The fourth-order valence-electron chi connectivity index (χ4n) is 3.77. The highest BCUT2D eigenvalue weighted by Gasteiger charge is 2.24. The number of aryl methyl sites for hydroxylation is 1. The Hall–Kier alpha value is -2.82. The number of anilines is 3. The predicted molar refractivity (Wildman–Crippen MR) is 129 cm³/mol. The molecule has 2 aromatic heterocycles. The van der Waals surface area contributed by atoms with Gasteiger partial charge in [0.1, 0.15) is 5.25 Å². The van der Waals surface area contributed by atoms with Crippen LogP contribution in [0.25, 0.3) is 0 Å². The largest absolute Gasteiger partial charge is 0.370 e. The lowest BCUT2D eigenvalue weighted by molar-refractivity contribution is 0.262. The number of amides is 2. The van der Waals surface area contributed by atoms with Crippen LogP contribution in [0, 0.1) is 6.92 Å². The zero-order valence-electron chi connectivity index (χ0n) is 17.7. The molecule has 32 heavy (non-hydrogen) atoms. The Morgan fingerprint density at radius 3 is 2.72 bits per heavy atom. The summed E-state index contributed by atoms with van der Waals surface area (Å²) in [7, 11) is 0. The van der Waals surface area contributed by atoms with Crippen LogP contribution in [0.4, 0.5) is 21.3 Å². The first-order valence-electron chi connectivity index (χ1n) is 10.4. The van der Waals surface area contributed by atoms with Gasteiger partial charge >= 0.3 is 6.03 Å². The number of aromatic nitrogens is 2. The smallest absolute Gasteiger partial charge is 0.325 e. The van der Waals surface area contributed by atoms with Crippen molar-refractivity contribution in [1.29, 1.82) is 0 Å². The summed E-state index contributed by atoms with van der Waals surface area (Å²) < 4.78 is 21.7. The number of thiazole rings is 1. The molecule has 0 radical (unpaired) electrons. The van der Waals surface area contributed by atoms with Gasteiger partial charge in [0, 0.05) is 36.6 Å². The number of hydrogen-bond donors (Lipinski definition) is 3. The summed E-state index contributed by atoms with van der Waals surface area (Å²) in [5, 5.41) is 5.25. The lowest BCUT2D eigenvalue weighted by atomic mass is 10.1. The number of carbonyl (C=O) groups is 1. The summed E-state index contributed by atoms with van der Waals surface area (Å²) >= 11 is -0.985. The summed E-state index contributed by atoms with van der Waals surface area (Å²) in [6.45, 7) is 3.99. The van der Waals surface area contributed by atoms with Crippen molar-refractivity contribution in [3.05, 3.63) is 64.9 Å². The molecule has 168 valence electrons. The Labute approximate surface area is 193 Å². The van der Waals surface area contributed by atoms with Gasteiger partial charge in [0.05, 0.1) is 11.4 Å². The van der Waals surface area contributed by atoms with E-state index in [0.717, 1.165) is 54.2 Å². The van der Waals surface area contributed by atoms with Gasteiger partial charge in [-0.3, -0.25) is 10.3 Å². The monoisotopic (exact) mass is 471 g/mol. The van der Waals surface area contributed by atoms with E-state index < -0.39 is 22.4 Å². The minimum atomic E-state index is -2.15. The van der Waals surface area contributed by atoms with Gasteiger partial charge in [-0.1, -0.05) is 23.5 Å². The molecule has 0 saturated carbocycles. The van der Waals surface area contributed by atoms with E-state index in [9.17, 15) is 13.6 Å². The predicted octanol–water partition coefficient (Wildman–Crippen LogP) is 4.79. The second kappa shape index (κ2) is 10.2. The maximum absolute atomic E-state index is 12.7. The first-order chi connectivity index (χ1) is 15.5. The standard InChI is InChI=1S/C22H25N5O3S2/c1-15-7-8-17(18(12-15)27-10-3-2-4-11-27)25-21(28)26-22-24-14-19(31-22)20(32(29)30)16-6-5-9-23-13-16/h5-9,12-14,20H,2-4,10-11H2,1H3,(H,29,30)(H2,24,25,26,28). The summed E-state index contributed by atoms with van der Waals surface area (Å²) in [5.74, 6) is 0. The molecule has 2 atom stereocenters. The first-order valence-corrected chi connectivity index (χ1v) is 12.4. The van der Waals surface area contributed by atoms with E-state index in [-0.39, 0.29) is 0 Å². The third-order valence-electron chi connectivity index (χ3n) is 5.29.